The smallest absolute Gasteiger partial charge is 0.137 e. The number of methoxy groups -OCH3 is 1. The molecule has 0 fully saturated rings. The molecule has 6 aromatic heterocycles. The minimum absolute atomic E-state index is 0.682. The highest BCUT2D eigenvalue weighted by Gasteiger charge is 2.16. The Balaban J connectivity index is 1.50. The largest absolute Gasteiger partial charge is 0.495 e. The van der Waals surface area contributed by atoms with Crippen molar-refractivity contribution in [2.45, 2.75) is 0 Å². The zero-order chi connectivity index (χ0) is 21.5. The second kappa shape index (κ2) is 7.28. The Kier molecular flexibility index (Phi) is 4.14. The van der Waals surface area contributed by atoms with Crippen LogP contribution in [0, 0.1) is 0 Å². The van der Waals surface area contributed by atoms with Gasteiger partial charge in [0.2, 0.25) is 0 Å². The third-order valence-corrected chi connectivity index (χ3v) is 5.39. The first kappa shape index (κ1) is 18.2. The van der Waals surface area contributed by atoms with Crippen LogP contribution in [0.4, 0.5) is 0 Å². The number of aromatic amines is 2. The number of aromatic nitrogens is 7. The molecular weight excluding hydrogens is 402 g/mol. The summed E-state index contributed by atoms with van der Waals surface area (Å²) in [7, 11) is 1.62. The summed E-state index contributed by atoms with van der Waals surface area (Å²) in [5.41, 5.74) is 7.61. The summed E-state index contributed by atoms with van der Waals surface area (Å²) in [6.45, 7) is 0. The molecule has 0 unspecified atom stereocenters. The molecular formula is C24H17N7O. The zero-order valence-electron chi connectivity index (χ0n) is 17.1. The minimum Gasteiger partial charge on any atom is -0.495 e. The van der Waals surface area contributed by atoms with Crippen LogP contribution in [0.1, 0.15) is 0 Å². The van der Waals surface area contributed by atoms with Crippen molar-refractivity contribution in [1.29, 1.82) is 0 Å². The maximum absolute atomic E-state index is 5.30. The normalized spacial score (nSPS) is 11.3. The molecule has 0 saturated carbocycles. The molecule has 6 heterocycles. The number of fused-ring (bicyclic) bond motifs is 2. The third-order valence-electron chi connectivity index (χ3n) is 5.39. The average Bonchev–Trinajstić information content (AvgIpc) is 3.48. The van der Waals surface area contributed by atoms with E-state index < -0.39 is 0 Å². The van der Waals surface area contributed by atoms with Crippen molar-refractivity contribution in [3.8, 4) is 39.7 Å². The number of ether oxygens (including phenoxy) is 1. The number of hydrogen-bond donors (Lipinski definition) is 2. The van der Waals surface area contributed by atoms with Crippen molar-refractivity contribution in [3.05, 3.63) is 73.4 Å². The molecule has 2 N–H and O–H groups in total. The summed E-state index contributed by atoms with van der Waals surface area (Å²) in [5.74, 6) is 0.682. The lowest BCUT2D eigenvalue weighted by Crippen LogP contribution is -1.89. The predicted molar refractivity (Wildman–Crippen MR) is 122 cm³/mol. The minimum atomic E-state index is 0.682. The Bertz CT molecular complexity index is 1570. The second-order valence-corrected chi connectivity index (χ2v) is 7.32. The fourth-order valence-electron chi connectivity index (χ4n) is 3.82. The van der Waals surface area contributed by atoms with Crippen molar-refractivity contribution in [3.63, 3.8) is 0 Å². The monoisotopic (exact) mass is 419 g/mol. The first-order valence-electron chi connectivity index (χ1n) is 10.0. The van der Waals surface area contributed by atoms with Crippen LogP contribution in [0.3, 0.4) is 0 Å². The van der Waals surface area contributed by atoms with Gasteiger partial charge in [-0.3, -0.25) is 20.1 Å². The molecule has 0 radical (unpaired) electrons. The van der Waals surface area contributed by atoms with E-state index in [-0.39, 0.29) is 0 Å². The Hall–Kier alpha value is -4.59. The van der Waals surface area contributed by atoms with Gasteiger partial charge in [-0.05, 0) is 36.4 Å². The second-order valence-electron chi connectivity index (χ2n) is 7.32. The highest BCUT2D eigenvalue weighted by atomic mass is 16.5. The highest BCUT2D eigenvalue weighted by Crippen LogP contribution is 2.33. The molecule has 8 heteroatoms. The van der Waals surface area contributed by atoms with E-state index in [4.69, 9.17) is 9.72 Å². The van der Waals surface area contributed by atoms with Crippen LogP contribution < -0.4 is 4.74 Å². The molecule has 0 amide bonds. The first-order chi connectivity index (χ1) is 15.8. The topological polar surface area (TPSA) is 105 Å². The van der Waals surface area contributed by atoms with Crippen LogP contribution in [0.5, 0.6) is 5.75 Å². The average molecular weight is 419 g/mol. The van der Waals surface area contributed by atoms with Gasteiger partial charge in [0.05, 0.1) is 47.6 Å². The SMILES string of the molecule is COc1cncc(-c2ccc3[nH]nc(-c4cc5c(-c6ccccn6)cncc5[nH]4)c3n2)c1. The number of nitrogens with zero attached hydrogens (tertiary/aromatic N) is 5. The summed E-state index contributed by atoms with van der Waals surface area (Å²) in [4.78, 5) is 21.4. The molecule has 0 saturated heterocycles. The fourth-order valence-corrected chi connectivity index (χ4v) is 3.82. The number of pyridine rings is 4. The van der Waals surface area contributed by atoms with E-state index in [1.165, 1.54) is 0 Å². The summed E-state index contributed by atoms with van der Waals surface area (Å²) in [6.07, 6.45) is 8.85. The summed E-state index contributed by atoms with van der Waals surface area (Å²) in [6, 6.07) is 13.7. The lowest BCUT2D eigenvalue weighted by molar-refractivity contribution is 0.413. The molecule has 0 aliphatic heterocycles. The maximum atomic E-state index is 5.30. The Labute approximate surface area is 182 Å². The van der Waals surface area contributed by atoms with Gasteiger partial charge in [-0.1, -0.05) is 6.07 Å². The first-order valence-corrected chi connectivity index (χ1v) is 10.0. The molecule has 0 spiro atoms. The van der Waals surface area contributed by atoms with E-state index in [9.17, 15) is 0 Å². The van der Waals surface area contributed by atoms with Crippen LogP contribution in [-0.2, 0) is 0 Å². The zero-order valence-corrected chi connectivity index (χ0v) is 17.1. The van der Waals surface area contributed by atoms with Gasteiger partial charge in [-0.25, -0.2) is 4.98 Å². The van der Waals surface area contributed by atoms with Crippen molar-refractivity contribution in [1.82, 2.24) is 35.1 Å². The van der Waals surface area contributed by atoms with E-state index in [0.717, 1.165) is 55.8 Å². The molecule has 8 nitrogen and oxygen atoms in total. The number of hydrogen-bond acceptors (Lipinski definition) is 6. The molecule has 0 aliphatic rings. The van der Waals surface area contributed by atoms with Crippen molar-refractivity contribution < 1.29 is 4.74 Å². The molecule has 6 aromatic rings. The van der Waals surface area contributed by atoms with E-state index >= 15 is 0 Å². The van der Waals surface area contributed by atoms with Crippen molar-refractivity contribution >= 4 is 21.9 Å². The van der Waals surface area contributed by atoms with E-state index in [1.54, 1.807) is 31.9 Å². The molecule has 0 atom stereocenters. The number of H-pyrrole nitrogens is 2. The highest BCUT2D eigenvalue weighted by molar-refractivity contribution is 5.99. The number of rotatable bonds is 4. The van der Waals surface area contributed by atoms with Crippen molar-refractivity contribution in [2.24, 2.45) is 0 Å². The standard InChI is InChI=1S/C24H17N7O/c1-32-15-8-14(10-25-11-15)18-5-6-20-23(29-18)24(31-30-20)21-9-16-17(12-26-13-22(16)28-21)19-4-2-3-7-27-19/h2-13,28H,1H3,(H,30,31). The van der Waals surface area contributed by atoms with Crippen LogP contribution >= 0.6 is 0 Å². The van der Waals surface area contributed by atoms with Crippen LogP contribution in [-0.4, -0.2) is 42.2 Å². The van der Waals surface area contributed by atoms with E-state index in [1.807, 2.05) is 42.6 Å². The summed E-state index contributed by atoms with van der Waals surface area (Å²) >= 11 is 0. The van der Waals surface area contributed by atoms with E-state index in [0.29, 0.717) is 5.75 Å². The Morgan fingerprint density at radius 1 is 0.875 bits per heavy atom. The van der Waals surface area contributed by atoms with Gasteiger partial charge in [0.1, 0.15) is 17.0 Å². The molecule has 0 aromatic carbocycles. The lowest BCUT2D eigenvalue weighted by atomic mass is 10.1. The van der Waals surface area contributed by atoms with Gasteiger partial charge in [0.25, 0.3) is 0 Å². The van der Waals surface area contributed by atoms with Gasteiger partial charge in [-0.15, -0.1) is 0 Å². The lowest BCUT2D eigenvalue weighted by Gasteiger charge is -2.04. The molecule has 6 rings (SSSR count). The van der Waals surface area contributed by atoms with Crippen LogP contribution in [0.2, 0.25) is 0 Å². The number of nitrogens with one attached hydrogen (secondary N) is 2. The quantitative estimate of drug-likeness (QED) is 0.431. The summed E-state index contributed by atoms with van der Waals surface area (Å²) < 4.78 is 5.30. The van der Waals surface area contributed by atoms with Crippen LogP contribution in [0.15, 0.2) is 73.4 Å². The van der Waals surface area contributed by atoms with Gasteiger partial charge in [0, 0.05) is 35.1 Å². The van der Waals surface area contributed by atoms with Crippen molar-refractivity contribution in [2.75, 3.05) is 7.11 Å². The Morgan fingerprint density at radius 2 is 1.81 bits per heavy atom. The molecule has 32 heavy (non-hydrogen) atoms. The van der Waals surface area contributed by atoms with Crippen LogP contribution in [0.25, 0.3) is 55.8 Å². The fraction of sp³-hybridized carbons (Fsp3) is 0.0417. The maximum Gasteiger partial charge on any atom is 0.137 e. The van der Waals surface area contributed by atoms with Gasteiger partial charge >= 0.3 is 0 Å². The molecule has 154 valence electrons. The third kappa shape index (κ3) is 2.97. The molecule has 0 aliphatic carbocycles. The van der Waals surface area contributed by atoms with Gasteiger partial charge < -0.3 is 9.72 Å². The predicted octanol–water partition coefficient (Wildman–Crippen LogP) is 4.63. The molecule has 0 bridgehead atoms. The van der Waals surface area contributed by atoms with Gasteiger partial charge in [-0.2, -0.15) is 5.10 Å². The van der Waals surface area contributed by atoms with Gasteiger partial charge in [0.15, 0.2) is 0 Å². The Morgan fingerprint density at radius 3 is 2.69 bits per heavy atom. The summed E-state index contributed by atoms with van der Waals surface area (Å²) in [5, 5.41) is 8.64. The van der Waals surface area contributed by atoms with E-state index in [2.05, 4.69) is 36.2 Å².